The monoisotopic (exact) mass is 246 g/mol. The Labute approximate surface area is 106 Å². The van der Waals surface area contributed by atoms with Crippen LogP contribution >= 0.6 is 0 Å². The van der Waals surface area contributed by atoms with Crippen molar-refractivity contribution in [2.75, 3.05) is 6.54 Å². The number of rotatable bonds is 5. The van der Waals surface area contributed by atoms with Gasteiger partial charge in [0.1, 0.15) is 5.82 Å². The molecule has 0 bridgehead atoms. The number of aryl methyl sites for hydroxylation is 2. The first-order chi connectivity index (χ1) is 8.69. The summed E-state index contributed by atoms with van der Waals surface area (Å²) >= 11 is 0. The number of hydrogen-bond acceptors (Lipinski definition) is 5. The Balaban J connectivity index is 2.14. The molecule has 0 fully saturated rings. The maximum Gasteiger partial charge on any atom is 0.145 e. The Kier molecular flexibility index (Phi) is 3.99. The fourth-order valence-corrected chi connectivity index (χ4v) is 1.78. The van der Waals surface area contributed by atoms with Gasteiger partial charge in [0.15, 0.2) is 0 Å². The van der Waals surface area contributed by atoms with E-state index < -0.39 is 0 Å². The van der Waals surface area contributed by atoms with Crippen LogP contribution in [-0.4, -0.2) is 31.5 Å². The molecule has 0 saturated carbocycles. The smallest absolute Gasteiger partial charge is 0.145 e. The number of nitrogens with zero attached hydrogens (tertiary/aromatic N) is 5. The highest BCUT2D eigenvalue weighted by atomic mass is 15.4. The predicted molar refractivity (Wildman–Crippen MR) is 67.9 cm³/mol. The van der Waals surface area contributed by atoms with Gasteiger partial charge in [-0.3, -0.25) is 4.68 Å². The minimum Gasteiger partial charge on any atom is -0.307 e. The Morgan fingerprint density at radius 1 is 1.33 bits per heavy atom. The molecule has 2 rings (SSSR count). The van der Waals surface area contributed by atoms with Crippen molar-refractivity contribution in [1.82, 2.24) is 30.3 Å². The molecule has 6 heteroatoms. The van der Waals surface area contributed by atoms with Crippen LogP contribution < -0.4 is 5.32 Å². The molecule has 0 aliphatic heterocycles. The molecule has 0 spiro atoms. The Hall–Kier alpha value is -1.82. The van der Waals surface area contributed by atoms with E-state index in [9.17, 15) is 0 Å². The molecule has 2 heterocycles. The van der Waals surface area contributed by atoms with Crippen LogP contribution in [-0.2, 0) is 13.5 Å². The molecule has 0 aliphatic carbocycles. The van der Waals surface area contributed by atoms with Crippen LogP contribution in [0.3, 0.4) is 0 Å². The van der Waals surface area contributed by atoms with E-state index in [4.69, 9.17) is 0 Å². The molecule has 18 heavy (non-hydrogen) atoms. The highest BCUT2D eigenvalue weighted by Gasteiger charge is 2.15. The van der Waals surface area contributed by atoms with Crippen molar-refractivity contribution in [2.45, 2.75) is 26.3 Å². The van der Waals surface area contributed by atoms with Crippen molar-refractivity contribution in [3.05, 3.63) is 35.7 Å². The summed E-state index contributed by atoms with van der Waals surface area (Å²) < 4.78 is 1.70. The van der Waals surface area contributed by atoms with Gasteiger partial charge in [-0.2, -0.15) is 0 Å². The van der Waals surface area contributed by atoms with Crippen molar-refractivity contribution in [3.8, 4) is 0 Å². The molecular weight excluding hydrogens is 228 g/mol. The van der Waals surface area contributed by atoms with E-state index in [0.29, 0.717) is 0 Å². The lowest BCUT2D eigenvalue weighted by atomic mass is 10.1. The lowest BCUT2D eigenvalue weighted by molar-refractivity contribution is 0.515. The third-order valence-corrected chi connectivity index (χ3v) is 2.63. The average Bonchev–Trinajstić information content (AvgIpc) is 2.75. The Morgan fingerprint density at radius 3 is 2.61 bits per heavy atom. The van der Waals surface area contributed by atoms with Crippen molar-refractivity contribution < 1.29 is 0 Å². The molecule has 0 aromatic carbocycles. The van der Waals surface area contributed by atoms with Gasteiger partial charge in [-0.15, -0.1) is 5.10 Å². The van der Waals surface area contributed by atoms with Gasteiger partial charge in [0.05, 0.1) is 11.7 Å². The van der Waals surface area contributed by atoms with Crippen LogP contribution in [0, 0.1) is 6.92 Å². The van der Waals surface area contributed by atoms with Gasteiger partial charge < -0.3 is 5.32 Å². The average molecular weight is 246 g/mol. The highest BCUT2D eigenvalue weighted by molar-refractivity contribution is 5.07. The first-order valence-electron chi connectivity index (χ1n) is 6.06. The first kappa shape index (κ1) is 12.6. The summed E-state index contributed by atoms with van der Waals surface area (Å²) in [6.45, 7) is 4.91. The van der Waals surface area contributed by atoms with Gasteiger partial charge >= 0.3 is 0 Å². The van der Waals surface area contributed by atoms with Gasteiger partial charge in [0, 0.05) is 32.1 Å². The third kappa shape index (κ3) is 3.10. The van der Waals surface area contributed by atoms with Crippen molar-refractivity contribution in [1.29, 1.82) is 0 Å². The van der Waals surface area contributed by atoms with E-state index in [2.05, 4.69) is 32.5 Å². The van der Waals surface area contributed by atoms with E-state index in [1.807, 2.05) is 32.6 Å². The van der Waals surface area contributed by atoms with Crippen molar-refractivity contribution in [2.24, 2.45) is 7.05 Å². The summed E-state index contributed by atoms with van der Waals surface area (Å²) in [4.78, 5) is 8.74. The highest BCUT2D eigenvalue weighted by Crippen LogP contribution is 2.13. The minimum absolute atomic E-state index is 0.0762. The second kappa shape index (κ2) is 5.68. The molecule has 0 aliphatic rings. The van der Waals surface area contributed by atoms with Gasteiger partial charge in [0.2, 0.25) is 0 Å². The zero-order chi connectivity index (χ0) is 13.0. The maximum absolute atomic E-state index is 4.37. The zero-order valence-electron chi connectivity index (χ0n) is 11.0. The number of likely N-dealkylation sites (N-methyl/N-ethyl adjacent to an activating group) is 1. The standard InChI is InChI=1S/C12H18N6/c1-4-13-11(5-10-8-18(3)17-16-10)12-14-6-9(2)7-15-12/h6-8,11,13H,4-5H2,1-3H3. The molecule has 0 amide bonds. The van der Waals surface area contributed by atoms with E-state index >= 15 is 0 Å². The molecule has 1 unspecified atom stereocenters. The van der Waals surface area contributed by atoms with Gasteiger partial charge in [-0.1, -0.05) is 12.1 Å². The molecule has 96 valence electrons. The van der Waals surface area contributed by atoms with Crippen molar-refractivity contribution >= 4 is 0 Å². The molecule has 0 radical (unpaired) electrons. The number of nitrogens with one attached hydrogen (secondary N) is 1. The quantitative estimate of drug-likeness (QED) is 0.845. The second-order valence-corrected chi connectivity index (χ2v) is 4.32. The largest absolute Gasteiger partial charge is 0.307 e. The Bertz CT molecular complexity index is 490. The molecule has 6 nitrogen and oxygen atoms in total. The summed E-state index contributed by atoms with van der Waals surface area (Å²) in [6, 6.07) is 0.0762. The van der Waals surface area contributed by atoms with Crippen LogP contribution in [0.1, 0.15) is 30.0 Å². The summed E-state index contributed by atoms with van der Waals surface area (Å²) in [5, 5.41) is 11.4. The molecule has 2 aromatic heterocycles. The third-order valence-electron chi connectivity index (χ3n) is 2.63. The van der Waals surface area contributed by atoms with Gasteiger partial charge in [-0.25, -0.2) is 9.97 Å². The number of hydrogen-bond donors (Lipinski definition) is 1. The summed E-state index contributed by atoms with van der Waals surface area (Å²) in [5.74, 6) is 0.799. The minimum atomic E-state index is 0.0762. The van der Waals surface area contributed by atoms with Crippen LogP contribution in [0.4, 0.5) is 0 Å². The lowest BCUT2D eigenvalue weighted by Crippen LogP contribution is -2.25. The molecule has 2 aromatic rings. The number of aromatic nitrogens is 5. The SMILES string of the molecule is CCNC(Cc1cn(C)nn1)c1ncc(C)cn1. The van der Waals surface area contributed by atoms with Gasteiger partial charge in [-0.05, 0) is 19.0 Å². The van der Waals surface area contributed by atoms with Crippen LogP contribution in [0.15, 0.2) is 18.6 Å². The van der Waals surface area contributed by atoms with Gasteiger partial charge in [0.25, 0.3) is 0 Å². The normalized spacial score (nSPS) is 12.6. The maximum atomic E-state index is 4.37. The summed E-state index contributed by atoms with van der Waals surface area (Å²) in [5.41, 5.74) is 2.00. The predicted octanol–water partition coefficient (Wildman–Crippen LogP) is 0.807. The lowest BCUT2D eigenvalue weighted by Gasteiger charge is -2.14. The molecule has 1 atom stereocenters. The van der Waals surface area contributed by atoms with E-state index in [-0.39, 0.29) is 6.04 Å². The topological polar surface area (TPSA) is 68.5 Å². The van der Waals surface area contributed by atoms with E-state index in [0.717, 1.165) is 30.0 Å². The fraction of sp³-hybridized carbons (Fsp3) is 0.500. The molecular formula is C12H18N6. The van der Waals surface area contributed by atoms with E-state index in [1.54, 1.807) is 4.68 Å². The first-order valence-corrected chi connectivity index (χ1v) is 6.06. The molecule has 1 N–H and O–H groups in total. The Morgan fingerprint density at radius 2 is 2.06 bits per heavy atom. The van der Waals surface area contributed by atoms with Crippen LogP contribution in [0.2, 0.25) is 0 Å². The zero-order valence-corrected chi connectivity index (χ0v) is 11.0. The van der Waals surface area contributed by atoms with Crippen LogP contribution in [0.5, 0.6) is 0 Å². The van der Waals surface area contributed by atoms with E-state index in [1.165, 1.54) is 0 Å². The molecule has 0 saturated heterocycles. The second-order valence-electron chi connectivity index (χ2n) is 4.32. The van der Waals surface area contributed by atoms with Crippen molar-refractivity contribution in [3.63, 3.8) is 0 Å². The fourth-order valence-electron chi connectivity index (χ4n) is 1.78. The summed E-state index contributed by atoms with van der Waals surface area (Å²) in [6.07, 6.45) is 6.33. The van der Waals surface area contributed by atoms with Crippen LogP contribution in [0.25, 0.3) is 0 Å². The summed E-state index contributed by atoms with van der Waals surface area (Å²) in [7, 11) is 1.86.